The molecule has 0 aromatic carbocycles. The summed E-state index contributed by atoms with van der Waals surface area (Å²) in [5, 5.41) is 0. The number of aryl methyl sites for hydroxylation is 1. The molecule has 0 atom stereocenters. The third kappa shape index (κ3) is 4.27. The lowest BCUT2D eigenvalue weighted by Crippen LogP contribution is -2.28. The van der Waals surface area contributed by atoms with Crippen molar-refractivity contribution < 1.29 is 17.9 Å². The Balaban J connectivity index is 2.72. The number of esters is 1. The summed E-state index contributed by atoms with van der Waals surface area (Å²) in [5.41, 5.74) is 0. The van der Waals surface area contributed by atoms with Crippen LogP contribution >= 0.6 is 27.3 Å². The molecule has 5 nitrogen and oxygen atoms in total. The second kappa shape index (κ2) is 6.83. The van der Waals surface area contributed by atoms with Gasteiger partial charge in [-0.1, -0.05) is 0 Å². The maximum atomic E-state index is 12.3. The van der Waals surface area contributed by atoms with E-state index in [4.69, 9.17) is 0 Å². The molecule has 1 heterocycles. The first-order valence-electron chi connectivity index (χ1n) is 5.58. The summed E-state index contributed by atoms with van der Waals surface area (Å²) in [4.78, 5) is 12.0. The Labute approximate surface area is 125 Å². The summed E-state index contributed by atoms with van der Waals surface area (Å²) in [7, 11) is -0.666. The molecule has 0 aliphatic heterocycles. The number of carbonyl (C=O) groups is 1. The first kappa shape index (κ1) is 16.6. The van der Waals surface area contributed by atoms with E-state index in [-0.39, 0.29) is 18.9 Å². The summed E-state index contributed by atoms with van der Waals surface area (Å²) in [6.45, 7) is 2.05. The molecule has 0 aliphatic carbocycles. The Morgan fingerprint density at radius 1 is 1.53 bits per heavy atom. The SMILES string of the molecule is COC(=O)CCCN(C)S(=O)(=O)c1cc(Br)sc1C. The van der Waals surface area contributed by atoms with E-state index in [0.29, 0.717) is 11.3 Å². The number of ether oxygens (including phenoxy) is 1. The topological polar surface area (TPSA) is 63.7 Å². The second-order valence-electron chi connectivity index (χ2n) is 3.98. The summed E-state index contributed by atoms with van der Waals surface area (Å²) in [5.74, 6) is -0.333. The van der Waals surface area contributed by atoms with E-state index >= 15 is 0 Å². The predicted octanol–water partition coefficient (Wildman–Crippen LogP) is 2.39. The molecule has 1 aromatic heterocycles. The van der Waals surface area contributed by atoms with Crippen molar-refractivity contribution in [3.8, 4) is 0 Å². The van der Waals surface area contributed by atoms with Crippen LogP contribution in [0.15, 0.2) is 14.7 Å². The van der Waals surface area contributed by atoms with Crippen molar-refractivity contribution >= 4 is 43.3 Å². The smallest absolute Gasteiger partial charge is 0.305 e. The highest BCUT2D eigenvalue weighted by Gasteiger charge is 2.24. The minimum absolute atomic E-state index is 0.211. The molecule has 8 heteroatoms. The molecule has 0 spiro atoms. The summed E-state index contributed by atoms with van der Waals surface area (Å²) in [6, 6.07) is 1.60. The molecule has 0 aliphatic rings. The number of rotatable bonds is 6. The standard InChI is InChI=1S/C11H16BrNO4S2/c1-8-9(7-10(12)18-8)19(15,16)13(2)6-4-5-11(14)17-3/h7H,4-6H2,1-3H3. The fourth-order valence-corrected chi connectivity index (χ4v) is 5.11. The van der Waals surface area contributed by atoms with Gasteiger partial charge < -0.3 is 4.74 Å². The fourth-order valence-electron chi connectivity index (χ4n) is 1.52. The minimum Gasteiger partial charge on any atom is -0.469 e. The van der Waals surface area contributed by atoms with Crippen molar-refractivity contribution in [2.75, 3.05) is 20.7 Å². The summed E-state index contributed by atoms with van der Waals surface area (Å²) < 4.78 is 31.2. The Bertz CT molecular complexity index is 553. The third-order valence-corrected chi connectivity index (χ3v) is 6.28. The Hall–Kier alpha value is -0.440. The van der Waals surface area contributed by atoms with Crippen LogP contribution in [0, 0.1) is 6.92 Å². The highest BCUT2D eigenvalue weighted by molar-refractivity contribution is 9.11. The zero-order chi connectivity index (χ0) is 14.6. The van der Waals surface area contributed by atoms with Crippen LogP contribution < -0.4 is 0 Å². The van der Waals surface area contributed by atoms with Gasteiger partial charge in [0, 0.05) is 24.9 Å². The molecule has 108 valence electrons. The summed E-state index contributed by atoms with van der Waals surface area (Å²) >= 11 is 4.66. The quantitative estimate of drug-likeness (QED) is 0.722. The van der Waals surface area contributed by atoms with Gasteiger partial charge in [-0.05, 0) is 35.3 Å². The van der Waals surface area contributed by atoms with E-state index < -0.39 is 10.0 Å². The predicted molar refractivity (Wildman–Crippen MR) is 77.8 cm³/mol. The van der Waals surface area contributed by atoms with Gasteiger partial charge in [0.1, 0.15) is 0 Å². The first-order valence-corrected chi connectivity index (χ1v) is 8.63. The van der Waals surface area contributed by atoms with Crippen molar-refractivity contribution in [1.82, 2.24) is 4.31 Å². The highest BCUT2D eigenvalue weighted by atomic mass is 79.9. The summed E-state index contributed by atoms with van der Waals surface area (Å²) in [6.07, 6.45) is 0.648. The molecule has 1 rings (SSSR count). The van der Waals surface area contributed by atoms with Crippen molar-refractivity contribution in [3.05, 3.63) is 14.7 Å². The number of thiophene rings is 1. The van der Waals surface area contributed by atoms with Gasteiger partial charge in [-0.15, -0.1) is 11.3 Å². The average molecular weight is 370 g/mol. The lowest BCUT2D eigenvalue weighted by Gasteiger charge is -2.16. The molecule has 0 saturated heterocycles. The van der Waals surface area contributed by atoms with Gasteiger partial charge >= 0.3 is 5.97 Å². The fraction of sp³-hybridized carbons (Fsp3) is 0.545. The van der Waals surface area contributed by atoms with Crippen molar-refractivity contribution in [1.29, 1.82) is 0 Å². The van der Waals surface area contributed by atoms with Crippen LogP contribution in [-0.4, -0.2) is 39.4 Å². The second-order valence-corrected chi connectivity index (χ2v) is 8.63. The van der Waals surface area contributed by atoms with E-state index in [1.54, 1.807) is 13.0 Å². The number of nitrogens with zero attached hydrogens (tertiary/aromatic N) is 1. The normalized spacial score (nSPS) is 11.8. The zero-order valence-electron chi connectivity index (χ0n) is 11.0. The van der Waals surface area contributed by atoms with Crippen LogP contribution in [0.5, 0.6) is 0 Å². The van der Waals surface area contributed by atoms with Crippen molar-refractivity contribution in [2.24, 2.45) is 0 Å². The molecule has 1 aromatic rings. The number of methoxy groups -OCH3 is 1. The average Bonchev–Trinajstić information content (AvgIpc) is 2.68. The molecule has 0 N–H and O–H groups in total. The van der Waals surface area contributed by atoms with Crippen LogP contribution in [0.4, 0.5) is 0 Å². The molecule has 0 unspecified atom stereocenters. The van der Waals surface area contributed by atoms with E-state index in [1.807, 2.05) is 0 Å². The van der Waals surface area contributed by atoms with Crippen LogP contribution in [0.3, 0.4) is 0 Å². The van der Waals surface area contributed by atoms with Gasteiger partial charge in [-0.3, -0.25) is 4.79 Å². The highest BCUT2D eigenvalue weighted by Crippen LogP contribution is 2.31. The van der Waals surface area contributed by atoms with E-state index in [9.17, 15) is 13.2 Å². The van der Waals surface area contributed by atoms with Gasteiger partial charge in [0.25, 0.3) is 0 Å². The minimum atomic E-state index is -3.49. The van der Waals surface area contributed by atoms with Crippen molar-refractivity contribution in [3.63, 3.8) is 0 Å². The van der Waals surface area contributed by atoms with Crippen LogP contribution in [0.2, 0.25) is 0 Å². The van der Waals surface area contributed by atoms with E-state index in [2.05, 4.69) is 20.7 Å². The molecule has 19 heavy (non-hydrogen) atoms. The van der Waals surface area contributed by atoms with Crippen molar-refractivity contribution in [2.45, 2.75) is 24.7 Å². The zero-order valence-corrected chi connectivity index (χ0v) is 14.2. The van der Waals surface area contributed by atoms with E-state index in [1.165, 1.54) is 29.8 Å². The number of hydrogen-bond acceptors (Lipinski definition) is 5. The third-order valence-electron chi connectivity index (χ3n) is 2.61. The lowest BCUT2D eigenvalue weighted by molar-refractivity contribution is -0.140. The maximum absolute atomic E-state index is 12.3. The van der Waals surface area contributed by atoms with Gasteiger partial charge in [-0.25, -0.2) is 12.7 Å². The number of carbonyl (C=O) groups excluding carboxylic acids is 1. The molecular weight excluding hydrogens is 354 g/mol. The monoisotopic (exact) mass is 369 g/mol. The Kier molecular flexibility index (Phi) is 5.97. The first-order chi connectivity index (χ1) is 8.78. The van der Waals surface area contributed by atoms with Gasteiger partial charge in [0.15, 0.2) is 0 Å². The van der Waals surface area contributed by atoms with Crippen LogP contribution in [0.25, 0.3) is 0 Å². The molecule has 0 amide bonds. The molecular formula is C11H16BrNO4S2. The molecule has 0 radical (unpaired) electrons. The van der Waals surface area contributed by atoms with Crippen LogP contribution in [-0.2, 0) is 19.6 Å². The van der Waals surface area contributed by atoms with Crippen LogP contribution in [0.1, 0.15) is 17.7 Å². The Morgan fingerprint density at radius 2 is 2.16 bits per heavy atom. The Morgan fingerprint density at radius 3 is 2.63 bits per heavy atom. The van der Waals surface area contributed by atoms with Gasteiger partial charge in [0.2, 0.25) is 10.0 Å². The lowest BCUT2D eigenvalue weighted by atomic mass is 10.3. The van der Waals surface area contributed by atoms with E-state index in [0.717, 1.165) is 8.66 Å². The van der Waals surface area contributed by atoms with Gasteiger partial charge in [-0.2, -0.15) is 0 Å². The maximum Gasteiger partial charge on any atom is 0.305 e. The largest absolute Gasteiger partial charge is 0.469 e. The molecule has 0 fully saturated rings. The molecule has 0 bridgehead atoms. The molecule has 0 saturated carbocycles. The number of sulfonamides is 1. The number of halogens is 1. The number of hydrogen-bond donors (Lipinski definition) is 0. The van der Waals surface area contributed by atoms with Gasteiger partial charge in [0.05, 0.1) is 15.8 Å².